The average Bonchev–Trinajstić information content (AvgIpc) is 2.41. The molecule has 6 heteroatoms. The molecule has 0 aromatic heterocycles. The second kappa shape index (κ2) is 8.34. The van der Waals surface area contributed by atoms with Crippen molar-refractivity contribution in [2.75, 3.05) is 20.3 Å². The average molecular weight is 307 g/mol. The van der Waals surface area contributed by atoms with E-state index in [0.29, 0.717) is 18.6 Å². The van der Waals surface area contributed by atoms with Gasteiger partial charge in [-0.2, -0.15) is 13.2 Å². The molecular weight excluding hydrogens is 286 g/mol. The summed E-state index contributed by atoms with van der Waals surface area (Å²) in [6, 6.07) is 2.95. The molecule has 1 unspecified atom stereocenters. The molecule has 0 saturated heterocycles. The van der Waals surface area contributed by atoms with Crippen molar-refractivity contribution >= 4 is 0 Å². The first-order valence-electron chi connectivity index (χ1n) is 6.99. The Kier molecular flexibility index (Phi) is 7.11. The van der Waals surface area contributed by atoms with Gasteiger partial charge in [0.15, 0.2) is 0 Å². The van der Waals surface area contributed by atoms with Crippen molar-refractivity contribution in [1.29, 1.82) is 0 Å². The first-order valence-corrected chi connectivity index (χ1v) is 6.99. The molecule has 0 saturated carbocycles. The van der Waals surface area contributed by atoms with Crippen LogP contribution in [0.25, 0.3) is 0 Å². The highest BCUT2D eigenvalue weighted by Gasteiger charge is 2.34. The van der Waals surface area contributed by atoms with Gasteiger partial charge in [-0.15, -0.1) is 0 Å². The molecule has 0 fully saturated rings. The van der Waals surface area contributed by atoms with Crippen molar-refractivity contribution in [1.82, 2.24) is 5.32 Å². The van der Waals surface area contributed by atoms with Crippen LogP contribution in [0.5, 0.6) is 0 Å². The molecular formula is C15H21F4NO. The number of hydrogen-bond acceptors (Lipinski definition) is 2. The summed E-state index contributed by atoms with van der Waals surface area (Å²) in [5.41, 5.74) is -0.692. The highest BCUT2D eigenvalue weighted by Crippen LogP contribution is 2.33. The summed E-state index contributed by atoms with van der Waals surface area (Å²) in [5, 5.41) is 3.23. The number of nitrogens with one attached hydrogen (secondary N) is 1. The van der Waals surface area contributed by atoms with Crippen molar-refractivity contribution in [3.05, 3.63) is 35.1 Å². The Bertz CT molecular complexity index is 434. The molecule has 1 rings (SSSR count). The quantitative estimate of drug-likeness (QED) is 0.571. The Morgan fingerprint density at radius 3 is 2.52 bits per heavy atom. The monoisotopic (exact) mass is 307 g/mol. The van der Waals surface area contributed by atoms with Gasteiger partial charge in [-0.3, -0.25) is 0 Å². The minimum absolute atomic E-state index is 0.170. The first kappa shape index (κ1) is 17.9. The third kappa shape index (κ3) is 5.63. The molecule has 1 N–H and O–H groups in total. The number of rotatable bonds is 8. The van der Waals surface area contributed by atoms with Crippen LogP contribution in [-0.2, 0) is 10.9 Å². The third-order valence-corrected chi connectivity index (χ3v) is 3.18. The van der Waals surface area contributed by atoms with E-state index in [9.17, 15) is 17.6 Å². The van der Waals surface area contributed by atoms with Gasteiger partial charge in [0.05, 0.1) is 5.56 Å². The second-order valence-corrected chi connectivity index (χ2v) is 4.88. The van der Waals surface area contributed by atoms with Crippen LogP contribution in [0, 0.1) is 5.82 Å². The zero-order chi connectivity index (χ0) is 15.9. The van der Waals surface area contributed by atoms with Gasteiger partial charge in [0.25, 0.3) is 0 Å². The van der Waals surface area contributed by atoms with E-state index in [2.05, 4.69) is 5.32 Å². The maximum absolute atomic E-state index is 13.6. The molecule has 0 spiro atoms. The minimum Gasteiger partial charge on any atom is -0.385 e. The fourth-order valence-corrected chi connectivity index (χ4v) is 2.11. The maximum atomic E-state index is 13.6. The zero-order valence-electron chi connectivity index (χ0n) is 12.3. The zero-order valence-corrected chi connectivity index (χ0v) is 12.3. The lowest BCUT2D eigenvalue weighted by Gasteiger charge is -2.20. The molecule has 21 heavy (non-hydrogen) atoms. The highest BCUT2D eigenvalue weighted by molar-refractivity contribution is 5.28. The van der Waals surface area contributed by atoms with Crippen molar-refractivity contribution < 1.29 is 22.3 Å². The number of ether oxygens (including phenoxy) is 1. The summed E-state index contributed by atoms with van der Waals surface area (Å²) in [6.45, 7) is 3.28. The summed E-state index contributed by atoms with van der Waals surface area (Å²) in [6.07, 6.45) is -2.34. The largest absolute Gasteiger partial charge is 0.419 e. The Morgan fingerprint density at radius 2 is 2.00 bits per heavy atom. The first-order chi connectivity index (χ1) is 9.90. The van der Waals surface area contributed by atoms with E-state index in [1.807, 2.05) is 6.92 Å². The molecule has 1 aromatic carbocycles. The molecule has 1 aromatic rings. The van der Waals surface area contributed by atoms with Gasteiger partial charge in [0, 0.05) is 19.8 Å². The summed E-state index contributed by atoms with van der Waals surface area (Å²) in [4.78, 5) is 0. The summed E-state index contributed by atoms with van der Waals surface area (Å²) in [7, 11) is 1.59. The summed E-state index contributed by atoms with van der Waals surface area (Å²) < 4.78 is 56.3. The summed E-state index contributed by atoms with van der Waals surface area (Å²) >= 11 is 0. The molecule has 0 aliphatic rings. The Hall–Kier alpha value is -1.14. The fraction of sp³-hybridized carbons (Fsp3) is 0.600. The lowest BCUT2D eigenvalue weighted by atomic mass is 10.00. The molecule has 0 radical (unpaired) electrons. The second-order valence-electron chi connectivity index (χ2n) is 4.88. The predicted molar refractivity (Wildman–Crippen MR) is 73.5 cm³/mol. The lowest BCUT2D eigenvalue weighted by molar-refractivity contribution is -0.140. The predicted octanol–water partition coefficient (Wildman–Crippen LogP) is 4.31. The summed E-state index contributed by atoms with van der Waals surface area (Å²) in [5.74, 6) is -1.23. The van der Waals surface area contributed by atoms with Crippen molar-refractivity contribution in [3.63, 3.8) is 0 Å². The normalized spacial score (nSPS) is 13.4. The molecule has 0 aliphatic heterocycles. The van der Waals surface area contributed by atoms with Crippen molar-refractivity contribution in [2.24, 2.45) is 0 Å². The Labute approximate surface area is 122 Å². The van der Waals surface area contributed by atoms with E-state index in [1.54, 1.807) is 7.11 Å². The van der Waals surface area contributed by atoms with Crippen LogP contribution in [0.1, 0.15) is 43.4 Å². The SMILES string of the molecule is CCCNC(CCCOC)c1ccc(C(F)(F)F)c(F)c1. The Balaban J connectivity index is 2.88. The van der Waals surface area contributed by atoms with Crippen LogP contribution in [0.2, 0.25) is 0 Å². The molecule has 120 valence electrons. The topological polar surface area (TPSA) is 21.3 Å². The van der Waals surface area contributed by atoms with E-state index in [4.69, 9.17) is 4.74 Å². The van der Waals surface area contributed by atoms with E-state index in [1.165, 1.54) is 6.07 Å². The van der Waals surface area contributed by atoms with Crippen LogP contribution in [0.4, 0.5) is 17.6 Å². The third-order valence-electron chi connectivity index (χ3n) is 3.18. The minimum atomic E-state index is -4.66. The number of alkyl halides is 3. The van der Waals surface area contributed by atoms with Crippen LogP contribution in [-0.4, -0.2) is 20.3 Å². The van der Waals surface area contributed by atoms with Gasteiger partial charge in [-0.05, 0) is 43.5 Å². The van der Waals surface area contributed by atoms with Crippen LogP contribution < -0.4 is 5.32 Å². The van der Waals surface area contributed by atoms with E-state index in [-0.39, 0.29) is 6.04 Å². The van der Waals surface area contributed by atoms with Crippen LogP contribution in [0.15, 0.2) is 18.2 Å². The van der Waals surface area contributed by atoms with Crippen molar-refractivity contribution in [2.45, 2.75) is 38.4 Å². The molecule has 0 bridgehead atoms. The van der Waals surface area contributed by atoms with Crippen molar-refractivity contribution in [3.8, 4) is 0 Å². The van der Waals surface area contributed by atoms with Gasteiger partial charge in [-0.1, -0.05) is 13.0 Å². The van der Waals surface area contributed by atoms with Gasteiger partial charge in [0.2, 0.25) is 0 Å². The van der Waals surface area contributed by atoms with Gasteiger partial charge >= 0.3 is 6.18 Å². The van der Waals surface area contributed by atoms with Gasteiger partial charge in [0.1, 0.15) is 5.82 Å². The number of hydrogen-bond donors (Lipinski definition) is 1. The van der Waals surface area contributed by atoms with E-state index in [0.717, 1.165) is 31.5 Å². The molecule has 1 atom stereocenters. The number of halogens is 4. The van der Waals surface area contributed by atoms with Gasteiger partial charge < -0.3 is 10.1 Å². The smallest absolute Gasteiger partial charge is 0.385 e. The maximum Gasteiger partial charge on any atom is 0.419 e. The lowest BCUT2D eigenvalue weighted by Crippen LogP contribution is -2.23. The van der Waals surface area contributed by atoms with E-state index < -0.39 is 17.6 Å². The molecule has 0 amide bonds. The van der Waals surface area contributed by atoms with Crippen LogP contribution in [0.3, 0.4) is 0 Å². The standard InChI is InChI=1S/C15H21F4NO/c1-3-8-20-14(5-4-9-21-2)11-6-7-12(13(16)10-11)15(17,18)19/h6-7,10,14,20H,3-5,8-9H2,1-2H3. The Morgan fingerprint density at radius 1 is 1.29 bits per heavy atom. The van der Waals surface area contributed by atoms with E-state index >= 15 is 0 Å². The fourth-order valence-electron chi connectivity index (χ4n) is 2.11. The molecule has 0 aliphatic carbocycles. The number of benzene rings is 1. The number of methoxy groups -OCH3 is 1. The molecule has 2 nitrogen and oxygen atoms in total. The van der Waals surface area contributed by atoms with Crippen LogP contribution >= 0.6 is 0 Å². The molecule has 0 heterocycles. The highest BCUT2D eigenvalue weighted by atomic mass is 19.4. The van der Waals surface area contributed by atoms with Gasteiger partial charge in [-0.25, -0.2) is 4.39 Å².